The van der Waals surface area contributed by atoms with Crippen molar-refractivity contribution in [3.63, 3.8) is 0 Å². The number of ketones is 1. The summed E-state index contributed by atoms with van der Waals surface area (Å²) in [5, 5.41) is 4.49. The number of likely N-dealkylation sites (tertiary alicyclic amines) is 1. The van der Waals surface area contributed by atoms with Gasteiger partial charge in [0.2, 0.25) is 0 Å². The van der Waals surface area contributed by atoms with E-state index < -0.39 is 5.54 Å². The maximum Gasteiger partial charge on any atom is 0.327 e. The highest BCUT2D eigenvalue weighted by Crippen LogP contribution is 2.43. The molecule has 192 valence electrons. The number of carbonyl (C=O) groups is 2. The maximum absolute atomic E-state index is 13.1. The summed E-state index contributed by atoms with van der Waals surface area (Å²) in [5.41, 5.74) is 4.18. The van der Waals surface area contributed by atoms with Crippen molar-refractivity contribution in [1.82, 2.24) is 14.7 Å². The molecule has 5 rings (SSSR count). The minimum atomic E-state index is -0.590. The number of carbonyl (C=O) groups excluding carboxylic acids is 2. The molecule has 0 bridgehead atoms. The van der Waals surface area contributed by atoms with Crippen LogP contribution in [0.3, 0.4) is 0 Å². The van der Waals surface area contributed by atoms with Gasteiger partial charge in [0.05, 0.1) is 17.8 Å². The molecule has 1 aromatic heterocycles. The Morgan fingerprint density at radius 2 is 1.45 bits per heavy atom. The molecule has 1 aliphatic rings. The first-order valence-electron chi connectivity index (χ1n) is 13.0. The Bertz CT molecular complexity index is 1320. The van der Waals surface area contributed by atoms with Crippen LogP contribution in [0.15, 0.2) is 109 Å². The van der Waals surface area contributed by atoms with Crippen LogP contribution in [0.2, 0.25) is 0 Å². The SMILES string of the molecule is CCOC(=O)Cn1ccc(/C=C2/CN(C(c3ccccc3)(c3ccccc3)c3ccccc3)CCC2=O)n1. The quantitative estimate of drug-likeness (QED) is 0.189. The summed E-state index contributed by atoms with van der Waals surface area (Å²) in [7, 11) is 0. The molecule has 0 unspecified atom stereocenters. The van der Waals surface area contributed by atoms with Crippen LogP contribution in [0, 0.1) is 0 Å². The van der Waals surface area contributed by atoms with Gasteiger partial charge in [-0.25, -0.2) is 0 Å². The topological polar surface area (TPSA) is 64.4 Å². The van der Waals surface area contributed by atoms with E-state index >= 15 is 0 Å². The number of ether oxygens (including phenoxy) is 1. The lowest BCUT2D eigenvalue weighted by Crippen LogP contribution is -2.52. The van der Waals surface area contributed by atoms with Gasteiger partial charge in [-0.3, -0.25) is 19.2 Å². The van der Waals surface area contributed by atoms with Gasteiger partial charge in [-0.05, 0) is 35.8 Å². The third-order valence-corrected chi connectivity index (χ3v) is 6.96. The van der Waals surface area contributed by atoms with Gasteiger partial charge in [0.1, 0.15) is 6.54 Å². The molecule has 38 heavy (non-hydrogen) atoms. The zero-order chi connectivity index (χ0) is 26.4. The van der Waals surface area contributed by atoms with Crippen molar-refractivity contribution in [2.24, 2.45) is 0 Å². The molecule has 4 aromatic rings. The lowest BCUT2D eigenvalue weighted by Gasteiger charge is -2.47. The van der Waals surface area contributed by atoms with Crippen molar-refractivity contribution in [2.75, 3.05) is 19.7 Å². The van der Waals surface area contributed by atoms with Crippen LogP contribution in [0.5, 0.6) is 0 Å². The summed E-state index contributed by atoms with van der Waals surface area (Å²) in [4.78, 5) is 27.4. The average molecular weight is 506 g/mol. The molecule has 0 aliphatic carbocycles. The third kappa shape index (κ3) is 5.08. The molecule has 1 fully saturated rings. The summed E-state index contributed by atoms with van der Waals surface area (Å²) in [6.45, 7) is 3.22. The van der Waals surface area contributed by atoms with E-state index in [9.17, 15) is 9.59 Å². The molecule has 6 heteroatoms. The number of piperidine rings is 1. The largest absolute Gasteiger partial charge is 0.465 e. The fraction of sp³-hybridized carbons (Fsp3) is 0.219. The van der Waals surface area contributed by atoms with Gasteiger partial charge in [0.25, 0.3) is 0 Å². The number of Topliss-reactive ketones (excluding diaryl/α,β-unsaturated/α-hetero) is 1. The van der Waals surface area contributed by atoms with Crippen LogP contribution in [0.25, 0.3) is 6.08 Å². The van der Waals surface area contributed by atoms with Crippen molar-refractivity contribution < 1.29 is 14.3 Å². The molecular weight excluding hydrogens is 474 g/mol. The van der Waals surface area contributed by atoms with Crippen LogP contribution in [-0.2, 0) is 26.4 Å². The van der Waals surface area contributed by atoms with Crippen LogP contribution < -0.4 is 0 Å². The summed E-state index contributed by atoms with van der Waals surface area (Å²) in [6, 6.07) is 33.3. The van der Waals surface area contributed by atoms with E-state index in [0.29, 0.717) is 37.4 Å². The van der Waals surface area contributed by atoms with E-state index in [0.717, 1.165) is 16.7 Å². The summed E-state index contributed by atoms with van der Waals surface area (Å²) in [5.74, 6) is -0.225. The second-order valence-electron chi connectivity index (χ2n) is 9.32. The fourth-order valence-corrected chi connectivity index (χ4v) is 5.33. The van der Waals surface area contributed by atoms with Crippen LogP contribution in [-0.4, -0.2) is 46.1 Å². The minimum absolute atomic E-state index is 0.0379. The van der Waals surface area contributed by atoms with Crippen molar-refractivity contribution >= 4 is 17.8 Å². The highest BCUT2D eigenvalue weighted by atomic mass is 16.5. The number of esters is 1. The molecule has 0 spiro atoms. The van der Waals surface area contributed by atoms with E-state index in [1.807, 2.05) is 30.3 Å². The fourth-order valence-electron chi connectivity index (χ4n) is 5.33. The molecule has 0 N–H and O–H groups in total. The van der Waals surface area contributed by atoms with Gasteiger partial charge in [-0.15, -0.1) is 0 Å². The van der Waals surface area contributed by atoms with Gasteiger partial charge in [-0.1, -0.05) is 91.0 Å². The average Bonchev–Trinajstić information content (AvgIpc) is 3.39. The molecule has 0 radical (unpaired) electrons. The first-order chi connectivity index (χ1) is 18.6. The van der Waals surface area contributed by atoms with Crippen molar-refractivity contribution in [3.8, 4) is 0 Å². The van der Waals surface area contributed by atoms with Crippen LogP contribution >= 0.6 is 0 Å². The van der Waals surface area contributed by atoms with Crippen molar-refractivity contribution in [2.45, 2.75) is 25.4 Å². The number of hydrogen-bond donors (Lipinski definition) is 0. The summed E-state index contributed by atoms with van der Waals surface area (Å²) in [6.07, 6.45) is 3.99. The number of hydrogen-bond acceptors (Lipinski definition) is 5. The third-order valence-electron chi connectivity index (χ3n) is 6.96. The minimum Gasteiger partial charge on any atom is -0.465 e. The Morgan fingerprint density at radius 3 is 1.97 bits per heavy atom. The predicted octanol–water partition coefficient (Wildman–Crippen LogP) is 5.10. The van der Waals surface area contributed by atoms with Crippen molar-refractivity contribution in [3.05, 3.63) is 131 Å². The molecule has 1 saturated heterocycles. The number of rotatable bonds is 8. The number of benzene rings is 3. The lowest BCUT2D eigenvalue weighted by atomic mass is 9.74. The molecule has 0 amide bonds. The highest BCUT2D eigenvalue weighted by Gasteiger charge is 2.44. The van der Waals surface area contributed by atoms with Gasteiger partial charge in [-0.2, -0.15) is 5.10 Å². The molecule has 1 aliphatic heterocycles. The van der Waals surface area contributed by atoms with Gasteiger partial charge < -0.3 is 4.74 Å². The van der Waals surface area contributed by atoms with Gasteiger partial charge in [0.15, 0.2) is 5.78 Å². The Hall–Kier alpha value is -4.29. The Labute approximate surface area is 223 Å². The van der Waals surface area contributed by atoms with E-state index in [-0.39, 0.29) is 18.3 Å². The van der Waals surface area contributed by atoms with E-state index in [1.165, 1.54) is 4.68 Å². The second kappa shape index (κ2) is 11.4. The first kappa shape index (κ1) is 25.4. The van der Waals surface area contributed by atoms with Crippen LogP contribution in [0.1, 0.15) is 35.7 Å². The number of aromatic nitrogens is 2. The monoisotopic (exact) mass is 505 g/mol. The second-order valence-corrected chi connectivity index (χ2v) is 9.32. The zero-order valence-electron chi connectivity index (χ0n) is 21.5. The summed E-state index contributed by atoms with van der Waals surface area (Å²) < 4.78 is 6.56. The van der Waals surface area contributed by atoms with Crippen LogP contribution in [0.4, 0.5) is 0 Å². The molecule has 0 saturated carbocycles. The standard InChI is InChI=1S/C32H31N3O3/c1-2-38-31(37)24-35-21-18-29(33-35)22-25-23-34(20-19-30(25)36)32(26-12-6-3-7-13-26,27-14-8-4-9-15-27)28-16-10-5-11-17-28/h3-18,21-22H,2,19-20,23-24H2,1H3/b25-22-. The van der Waals surface area contributed by atoms with E-state index in [1.54, 1.807) is 13.1 Å². The first-order valence-corrected chi connectivity index (χ1v) is 13.0. The molecule has 0 atom stereocenters. The molecule has 2 heterocycles. The molecule has 6 nitrogen and oxygen atoms in total. The Kier molecular flexibility index (Phi) is 7.61. The van der Waals surface area contributed by atoms with Crippen molar-refractivity contribution in [1.29, 1.82) is 0 Å². The van der Waals surface area contributed by atoms with Gasteiger partial charge in [0, 0.05) is 31.3 Å². The normalized spacial score (nSPS) is 15.5. The Balaban J connectivity index is 1.57. The molecular formula is C32H31N3O3. The predicted molar refractivity (Wildman–Crippen MR) is 147 cm³/mol. The number of nitrogens with zero attached hydrogens (tertiary/aromatic N) is 3. The molecule has 3 aromatic carbocycles. The highest BCUT2D eigenvalue weighted by molar-refractivity contribution is 6.00. The van der Waals surface area contributed by atoms with Gasteiger partial charge >= 0.3 is 5.97 Å². The summed E-state index contributed by atoms with van der Waals surface area (Å²) >= 11 is 0. The lowest BCUT2D eigenvalue weighted by molar-refractivity contribution is -0.144. The zero-order valence-corrected chi connectivity index (χ0v) is 21.5. The Morgan fingerprint density at radius 1 is 0.895 bits per heavy atom. The van der Waals surface area contributed by atoms with E-state index in [2.05, 4.69) is 82.8 Å². The smallest absolute Gasteiger partial charge is 0.327 e. The van der Waals surface area contributed by atoms with E-state index in [4.69, 9.17) is 4.74 Å². The maximum atomic E-state index is 13.1.